The summed E-state index contributed by atoms with van der Waals surface area (Å²) < 4.78 is 10.8. The van der Waals surface area contributed by atoms with Gasteiger partial charge in [0, 0.05) is 18.0 Å². The second-order valence-corrected chi connectivity index (χ2v) is 4.47. The van der Waals surface area contributed by atoms with E-state index in [0.717, 1.165) is 35.9 Å². The summed E-state index contributed by atoms with van der Waals surface area (Å²) in [5.41, 5.74) is 1.01. The summed E-state index contributed by atoms with van der Waals surface area (Å²) >= 11 is 0. The third-order valence-electron chi connectivity index (χ3n) is 3.14. The zero-order valence-corrected chi connectivity index (χ0v) is 12.1. The lowest BCUT2D eigenvalue weighted by molar-refractivity contribution is 0.392. The van der Waals surface area contributed by atoms with Crippen molar-refractivity contribution in [3.8, 4) is 11.5 Å². The minimum absolute atomic E-state index is 0.0463. The van der Waals surface area contributed by atoms with Crippen LogP contribution in [0.1, 0.15) is 30.8 Å². The van der Waals surface area contributed by atoms with E-state index < -0.39 is 0 Å². The molecule has 2 aromatic rings. The summed E-state index contributed by atoms with van der Waals surface area (Å²) in [7, 11) is 3.33. The number of aromatic nitrogens is 2. The molecule has 0 aliphatic rings. The first-order valence-corrected chi connectivity index (χ1v) is 6.74. The molecule has 0 bridgehead atoms. The second-order valence-electron chi connectivity index (χ2n) is 4.47. The van der Waals surface area contributed by atoms with Gasteiger partial charge in [0.2, 0.25) is 0 Å². The highest BCUT2D eigenvalue weighted by molar-refractivity contribution is 5.44. The third kappa shape index (κ3) is 3.11. The first-order chi connectivity index (χ1) is 9.80. The van der Waals surface area contributed by atoms with Crippen LogP contribution < -0.4 is 14.8 Å². The van der Waals surface area contributed by atoms with E-state index in [1.54, 1.807) is 20.4 Å². The molecule has 0 saturated carbocycles. The van der Waals surface area contributed by atoms with E-state index in [9.17, 15) is 0 Å². The smallest absolute Gasteiger partial charge is 0.127 e. The van der Waals surface area contributed by atoms with E-state index in [1.807, 2.05) is 24.4 Å². The maximum atomic E-state index is 5.47. The Morgan fingerprint density at radius 2 is 2.15 bits per heavy atom. The fraction of sp³-hybridized carbons (Fsp3) is 0.400. The van der Waals surface area contributed by atoms with Crippen molar-refractivity contribution in [2.24, 2.45) is 0 Å². The number of rotatable bonds is 7. The molecule has 0 radical (unpaired) electrons. The molecule has 2 N–H and O–H groups in total. The lowest BCUT2D eigenvalue weighted by Crippen LogP contribution is -2.24. The first kappa shape index (κ1) is 14.4. The lowest BCUT2D eigenvalue weighted by atomic mass is 10.0. The quantitative estimate of drug-likeness (QED) is 0.815. The van der Waals surface area contributed by atoms with Crippen LogP contribution in [0.15, 0.2) is 30.6 Å². The van der Waals surface area contributed by atoms with E-state index in [0.29, 0.717) is 0 Å². The Morgan fingerprint density at radius 3 is 2.75 bits per heavy atom. The van der Waals surface area contributed by atoms with E-state index >= 15 is 0 Å². The molecule has 5 nitrogen and oxygen atoms in total. The van der Waals surface area contributed by atoms with Crippen LogP contribution in [0.5, 0.6) is 11.5 Å². The second kappa shape index (κ2) is 6.96. The highest BCUT2D eigenvalue weighted by Crippen LogP contribution is 2.31. The van der Waals surface area contributed by atoms with Crippen LogP contribution in [-0.2, 0) is 0 Å². The minimum Gasteiger partial charge on any atom is -0.497 e. The molecule has 1 aromatic heterocycles. The minimum atomic E-state index is -0.0463. The van der Waals surface area contributed by atoms with Gasteiger partial charge in [-0.05, 0) is 31.2 Å². The van der Waals surface area contributed by atoms with Crippen LogP contribution in [0.25, 0.3) is 0 Å². The Labute approximate surface area is 119 Å². The number of nitrogens with zero attached hydrogens (tertiary/aromatic N) is 1. The fourth-order valence-corrected chi connectivity index (χ4v) is 2.14. The maximum Gasteiger partial charge on any atom is 0.127 e. The van der Waals surface area contributed by atoms with Crippen LogP contribution in [-0.4, -0.2) is 30.7 Å². The van der Waals surface area contributed by atoms with Gasteiger partial charge in [-0.1, -0.05) is 6.92 Å². The number of aromatic amines is 1. The van der Waals surface area contributed by atoms with E-state index in [2.05, 4.69) is 22.2 Å². The SMILES string of the molecule is CCCNC(c1ncc[nH]1)c1cc(OC)ccc1OC. The molecule has 20 heavy (non-hydrogen) atoms. The highest BCUT2D eigenvalue weighted by Gasteiger charge is 2.20. The summed E-state index contributed by atoms with van der Waals surface area (Å²) in [6.07, 6.45) is 4.62. The van der Waals surface area contributed by atoms with Crippen molar-refractivity contribution in [2.45, 2.75) is 19.4 Å². The zero-order chi connectivity index (χ0) is 14.4. The van der Waals surface area contributed by atoms with Gasteiger partial charge in [0.25, 0.3) is 0 Å². The van der Waals surface area contributed by atoms with Gasteiger partial charge in [-0.2, -0.15) is 0 Å². The summed E-state index contributed by atoms with van der Waals surface area (Å²) in [6, 6.07) is 5.74. The summed E-state index contributed by atoms with van der Waals surface area (Å²) in [6.45, 7) is 3.03. The number of benzene rings is 1. The van der Waals surface area contributed by atoms with Crippen LogP contribution in [0.2, 0.25) is 0 Å². The molecule has 1 unspecified atom stereocenters. The molecule has 0 amide bonds. The Kier molecular flexibility index (Phi) is 5.01. The van der Waals surface area contributed by atoms with Gasteiger partial charge in [0.15, 0.2) is 0 Å². The van der Waals surface area contributed by atoms with Crippen LogP contribution >= 0.6 is 0 Å². The number of imidazole rings is 1. The number of nitrogens with one attached hydrogen (secondary N) is 2. The predicted octanol–water partition coefficient (Wildman–Crippen LogP) is 2.52. The number of ether oxygens (including phenoxy) is 2. The van der Waals surface area contributed by atoms with Crippen molar-refractivity contribution < 1.29 is 9.47 Å². The summed E-state index contributed by atoms with van der Waals surface area (Å²) in [5, 5.41) is 3.48. The molecule has 0 aliphatic carbocycles. The normalized spacial score (nSPS) is 12.2. The fourth-order valence-electron chi connectivity index (χ4n) is 2.14. The molecule has 2 rings (SSSR count). The van der Waals surface area contributed by atoms with Gasteiger partial charge in [0.05, 0.1) is 20.3 Å². The average molecular weight is 275 g/mol. The van der Waals surface area contributed by atoms with Gasteiger partial charge in [-0.15, -0.1) is 0 Å². The molecule has 1 aromatic carbocycles. The molecular formula is C15H21N3O2. The molecule has 1 atom stereocenters. The van der Waals surface area contributed by atoms with Crippen LogP contribution in [0.4, 0.5) is 0 Å². The van der Waals surface area contributed by atoms with Crippen molar-refractivity contribution in [3.63, 3.8) is 0 Å². The molecule has 0 saturated heterocycles. The average Bonchev–Trinajstić information content (AvgIpc) is 3.01. The zero-order valence-electron chi connectivity index (χ0n) is 12.1. The number of hydrogen-bond donors (Lipinski definition) is 2. The number of methoxy groups -OCH3 is 2. The Morgan fingerprint density at radius 1 is 1.30 bits per heavy atom. The number of hydrogen-bond acceptors (Lipinski definition) is 4. The van der Waals surface area contributed by atoms with Crippen molar-refractivity contribution >= 4 is 0 Å². The highest BCUT2D eigenvalue weighted by atomic mass is 16.5. The molecule has 0 aliphatic heterocycles. The summed E-state index contributed by atoms with van der Waals surface area (Å²) in [4.78, 5) is 7.53. The van der Waals surface area contributed by atoms with E-state index in [4.69, 9.17) is 9.47 Å². The Balaban J connectivity index is 2.41. The molecule has 1 heterocycles. The van der Waals surface area contributed by atoms with Crippen LogP contribution in [0, 0.1) is 0 Å². The largest absolute Gasteiger partial charge is 0.497 e. The van der Waals surface area contributed by atoms with Crippen molar-refractivity contribution in [2.75, 3.05) is 20.8 Å². The molecule has 0 spiro atoms. The maximum absolute atomic E-state index is 5.47. The third-order valence-corrected chi connectivity index (χ3v) is 3.14. The standard InChI is InChI=1S/C15H21N3O2/c1-4-7-16-14(15-17-8-9-18-15)12-10-11(19-2)5-6-13(12)20-3/h5-6,8-10,14,16H,4,7H2,1-3H3,(H,17,18). The van der Waals surface area contributed by atoms with E-state index in [1.165, 1.54) is 0 Å². The van der Waals surface area contributed by atoms with Gasteiger partial charge >= 0.3 is 0 Å². The predicted molar refractivity (Wildman–Crippen MR) is 78.3 cm³/mol. The molecule has 5 heteroatoms. The van der Waals surface area contributed by atoms with Crippen LogP contribution in [0.3, 0.4) is 0 Å². The molecule has 108 valence electrons. The Hall–Kier alpha value is -2.01. The first-order valence-electron chi connectivity index (χ1n) is 6.74. The topological polar surface area (TPSA) is 59.2 Å². The van der Waals surface area contributed by atoms with Crippen molar-refractivity contribution in [3.05, 3.63) is 42.0 Å². The van der Waals surface area contributed by atoms with Gasteiger partial charge in [-0.25, -0.2) is 4.98 Å². The van der Waals surface area contributed by atoms with Gasteiger partial charge < -0.3 is 19.8 Å². The van der Waals surface area contributed by atoms with Crippen molar-refractivity contribution in [1.29, 1.82) is 0 Å². The lowest BCUT2D eigenvalue weighted by Gasteiger charge is -2.20. The molecular weight excluding hydrogens is 254 g/mol. The van der Waals surface area contributed by atoms with Gasteiger partial charge in [-0.3, -0.25) is 0 Å². The summed E-state index contributed by atoms with van der Waals surface area (Å²) in [5.74, 6) is 2.48. The van der Waals surface area contributed by atoms with Gasteiger partial charge in [0.1, 0.15) is 17.3 Å². The Bertz CT molecular complexity index is 526. The van der Waals surface area contributed by atoms with E-state index in [-0.39, 0.29) is 6.04 Å². The monoisotopic (exact) mass is 275 g/mol. The number of H-pyrrole nitrogens is 1. The molecule has 0 fully saturated rings. The van der Waals surface area contributed by atoms with Crippen molar-refractivity contribution in [1.82, 2.24) is 15.3 Å².